The maximum atomic E-state index is 5.83. The molecule has 2 aromatic rings. The first-order chi connectivity index (χ1) is 8.76. The predicted octanol–water partition coefficient (Wildman–Crippen LogP) is 2.67. The van der Waals surface area contributed by atoms with Crippen molar-refractivity contribution in [2.75, 3.05) is 6.54 Å². The number of aromatic nitrogens is 2. The van der Waals surface area contributed by atoms with E-state index in [-0.39, 0.29) is 5.92 Å². The number of hydrogen-bond acceptors (Lipinski definition) is 4. The van der Waals surface area contributed by atoms with Crippen molar-refractivity contribution >= 4 is 0 Å². The zero-order valence-electron chi connectivity index (χ0n) is 10.8. The van der Waals surface area contributed by atoms with E-state index in [9.17, 15) is 0 Å². The molecule has 18 heavy (non-hydrogen) atoms. The molecule has 1 aromatic carbocycles. The Hall–Kier alpha value is -1.68. The summed E-state index contributed by atoms with van der Waals surface area (Å²) in [5.74, 6) is 1.68. The van der Waals surface area contributed by atoms with Crippen molar-refractivity contribution in [1.29, 1.82) is 0 Å². The monoisotopic (exact) mass is 245 g/mol. The van der Waals surface area contributed by atoms with E-state index in [0.29, 0.717) is 18.4 Å². The molecule has 0 aliphatic carbocycles. The van der Waals surface area contributed by atoms with Gasteiger partial charge in [0.1, 0.15) is 0 Å². The first kappa shape index (κ1) is 12.8. The normalized spacial score (nSPS) is 14.4. The molecule has 0 bridgehead atoms. The first-order valence-electron chi connectivity index (χ1n) is 6.34. The lowest BCUT2D eigenvalue weighted by atomic mass is 9.99. The highest BCUT2D eigenvalue weighted by Gasteiger charge is 2.20. The summed E-state index contributed by atoms with van der Waals surface area (Å²) in [6.45, 7) is 4.67. The highest BCUT2D eigenvalue weighted by molar-refractivity contribution is 5.25. The highest BCUT2D eigenvalue weighted by atomic mass is 16.5. The van der Waals surface area contributed by atoms with Crippen molar-refractivity contribution in [3.63, 3.8) is 0 Å². The molecular weight excluding hydrogens is 226 g/mol. The van der Waals surface area contributed by atoms with Crippen LogP contribution in [0.15, 0.2) is 34.9 Å². The molecule has 2 N–H and O–H groups in total. The molecule has 0 spiro atoms. The Morgan fingerprint density at radius 2 is 2.00 bits per heavy atom. The predicted molar refractivity (Wildman–Crippen MR) is 70.3 cm³/mol. The van der Waals surface area contributed by atoms with Gasteiger partial charge >= 0.3 is 0 Å². The topological polar surface area (TPSA) is 64.9 Å². The van der Waals surface area contributed by atoms with Crippen LogP contribution in [0.5, 0.6) is 0 Å². The van der Waals surface area contributed by atoms with E-state index in [0.717, 1.165) is 17.8 Å². The third kappa shape index (κ3) is 2.59. The van der Waals surface area contributed by atoms with Crippen molar-refractivity contribution in [1.82, 2.24) is 10.1 Å². The minimum absolute atomic E-state index is 0.0171. The zero-order valence-corrected chi connectivity index (χ0v) is 10.8. The van der Waals surface area contributed by atoms with Crippen molar-refractivity contribution < 1.29 is 4.52 Å². The van der Waals surface area contributed by atoms with Crippen LogP contribution < -0.4 is 5.73 Å². The molecule has 0 saturated heterocycles. The van der Waals surface area contributed by atoms with Gasteiger partial charge in [-0.2, -0.15) is 4.98 Å². The Kier molecular flexibility index (Phi) is 4.10. The van der Waals surface area contributed by atoms with Crippen molar-refractivity contribution in [3.8, 4) is 0 Å². The van der Waals surface area contributed by atoms with E-state index >= 15 is 0 Å². The minimum Gasteiger partial charge on any atom is -0.339 e. The molecule has 1 aromatic heterocycles. The van der Waals surface area contributed by atoms with Crippen LogP contribution >= 0.6 is 0 Å². The van der Waals surface area contributed by atoms with Gasteiger partial charge in [0.2, 0.25) is 5.89 Å². The van der Waals surface area contributed by atoms with Crippen LogP contribution in [-0.2, 0) is 0 Å². The Balaban J connectivity index is 2.26. The second kappa shape index (κ2) is 5.78. The number of nitrogens with zero attached hydrogens (tertiary/aromatic N) is 2. The number of nitrogens with two attached hydrogens (primary N) is 1. The Labute approximate surface area is 107 Å². The van der Waals surface area contributed by atoms with Gasteiger partial charge in [-0.1, -0.05) is 49.3 Å². The van der Waals surface area contributed by atoms with E-state index in [1.165, 1.54) is 0 Å². The molecule has 0 saturated carbocycles. The fraction of sp³-hybridized carbons (Fsp3) is 0.429. The summed E-state index contributed by atoms with van der Waals surface area (Å²) < 4.78 is 5.35. The van der Waals surface area contributed by atoms with Crippen LogP contribution in [0.3, 0.4) is 0 Å². The van der Waals surface area contributed by atoms with Crippen LogP contribution in [-0.4, -0.2) is 16.7 Å². The fourth-order valence-electron chi connectivity index (χ4n) is 1.84. The molecule has 4 nitrogen and oxygen atoms in total. The summed E-state index contributed by atoms with van der Waals surface area (Å²) in [4.78, 5) is 4.47. The van der Waals surface area contributed by atoms with Crippen LogP contribution in [0.1, 0.15) is 49.4 Å². The molecule has 0 radical (unpaired) electrons. The number of rotatable bonds is 5. The fourth-order valence-corrected chi connectivity index (χ4v) is 1.84. The van der Waals surface area contributed by atoms with Gasteiger partial charge < -0.3 is 10.3 Å². The van der Waals surface area contributed by atoms with Gasteiger partial charge in [0.25, 0.3) is 0 Å². The lowest BCUT2D eigenvalue weighted by molar-refractivity contribution is 0.359. The lowest BCUT2D eigenvalue weighted by Crippen LogP contribution is -2.14. The SMILES string of the molecule is CCC(C)c1noc(C(CN)c2ccccc2)n1. The Bertz CT molecular complexity index is 481. The maximum absolute atomic E-state index is 5.83. The summed E-state index contributed by atoms with van der Waals surface area (Å²) in [7, 11) is 0. The standard InChI is InChI=1S/C14H19N3O/c1-3-10(2)13-16-14(18-17-13)12(9-15)11-7-5-4-6-8-11/h4-8,10,12H,3,9,15H2,1-2H3. The molecular formula is C14H19N3O. The van der Waals surface area contributed by atoms with E-state index in [2.05, 4.69) is 24.0 Å². The molecule has 0 aliphatic rings. The maximum Gasteiger partial charge on any atom is 0.235 e. The van der Waals surface area contributed by atoms with Crippen molar-refractivity contribution in [2.24, 2.45) is 5.73 Å². The molecule has 0 amide bonds. The zero-order chi connectivity index (χ0) is 13.0. The van der Waals surface area contributed by atoms with E-state index in [1.54, 1.807) is 0 Å². The summed E-state index contributed by atoms with van der Waals surface area (Å²) in [6, 6.07) is 10.0. The lowest BCUT2D eigenvalue weighted by Gasteiger charge is -2.09. The summed E-state index contributed by atoms with van der Waals surface area (Å²) in [6.07, 6.45) is 0.998. The van der Waals surface area contributed by atoms with Crippen LogP contribution in [0.2, 0.25) is 0 Å². The van der Waals surface area contributed by atoms with Gasteiger partial charge in [-0.25, -0.2) is 0 Å². The smallest absolute Gasteiger partial charge is 0.235 e. The average Bonchev–Trinajstić information content (AvgIpc) is 2.89. The van der Waals surface area contributed by atoms with Gasteiger partial charge in [-0.3, -0.25) is 0 Å². The van der Waals surface area contributed by atoms with Crippen LogP contribution in [0.4, 0.5) is 0 Å². The second-order valence-electron chi connectivity index (χ2n) is 4.50. The van der Waals surface area contributed by atoms with Gasteiger partial charge in [0, 0.05) is 12.5 Å². The molecule has 2 atom stereocenters. The molecule has 96 valence electrons. The first-order valence-corrected chi connectivity index (χ1v) is 6.34. The molecule has 1 heterocycles. The Morgan fingerprint density at radius 1 is 1.28 bits per heavy atom. The third-order valence-corrected chi connectivity index (χ3v) is 3.25. The van der Waals surface area contributed by atoms with Gasteiger partial charge in [-0.05, 0) is 12.0 Å². The minimum atomic E-state index is -0.0171. The highest BCUT2D eigenvalue weighted by Crippen LogP contribution is 2.24. The van der Waals surface area contributed by atoms with Crippen molar-refractivity contribution in [3.05, 3.63) is 47.6 Å². The van der Waals surface area contributed by atoms with Gasteiger partial charge in [-0.15, -0.1) is 0 Å². The number of hydrogen-bond donors (Lipinski definition) is 1. The second-order valence-corrected chi connectivity index (χ2v) is 4.50. The van der Waals surface area contributed by atoms with E-state index in [4.69, 9.17) is 10.3 Å². The quantitative estimate of drug-likeness (QED) is 0.879. The average molecular weight is 245 g/mol. The number of benzene rings is 1. The molecule has 2 rings (SSSR count). The molecule has 2 unspecified atom stereocenters. The van der Waals surface area contributed by atoms with E-state index in [1.807, 2.05) is 30.3 Å². The third-order valence-electron chi connectivity index (χ3n) is 3.25. The molecule has 0 fully saturated rings. The van der Waals surface area contributed by atoms with Crippen molar-refractivity contribution in [2.45, 2.75) is 32.1 Å². The summed E-state index contributed by atoms with van der Waals surface area (Å²) in [5, 5.41) is 4.04. The largest absolute Gasteiger partial charge is 0.339 e. The molecule has 0 aliphatic heterocycles. The summed E-state index contributed by atoms with van der Waals surface area (Å²) in [5.41, 5.74) is 6.94. The van der Waals surface area contributed by atoms with Crippen LogP contribution in [0.25, 0.3) is 0 Å². The van der Waals surface area contributed by atoms with E-state index < -0.39 is 0 Å². The van der Waals surface area contributed by atoms with Gasteiger partial charge in [0.05, 0.1) is 5.92 Å². The van der Waals surface area contributed by atoms with Gasteiger partial charge in [0.15, 0.2) is 5.82 Å². The Morgan fingerprint density at radius 3 is 2.61 bits per heavy atom. The summed E-state index contributed by atoms with van der Waals surface area (Å²) >= 11 is 0. The van der Waals surface area contributed by atoms with Crippen LogP contribution in [0, 0.1) is 0 Å². The molecule has 4 heteroatoms.